The van der Waals surface area contributed by atoms with Gasteiger partial charge in [-0.05, 0) is 30.5 Å². The minimum Gasteiger partial charge on any atom is -0.393 e. The van der Waals surface area contributed by atoms with E-state index < -0.39 is 0 Å². The molecule has 0 saturated carbocycles. The van der Waals surface area contributed by atoms with Crippen LogP contribution in [0.15, 0.2) is 24.3 Å². The quantitative estimate of drug-likeness (QED) is 0.676. The Kier molecular flexibility index (Phi) is 6.87. The van der Waals surface area contributed by atoms with Crippen molar-refractivity contribution in [1.82, 2.24) is 0 Å². The normalized spacial score (nSPS) is 12.6. The topological polar surface area (TPSA) is 20.2 Å². The van der Waals surface area contributed by atoms with Crippen molar-refractivity contribution in [1.29, 1.82) is 0 Å². The lowest BCUT2D eigenvalue weighted by Crippen LogP contribution is -2.10. The zero-order chi connectivity index (χ0) is 12.5. The lowest BCUT2D eigenvalue weighted by molar-refractivity contribution is 0.161. The van der Waals surface area contributed by atoms with E-state index in [2.05, 4.69) is 6.92 Å². The lowest BCUT2D eigenvalue weighted by Gasteiger charge is -2.10. The highest BCUT2D eigenvalue weighted by Gasteiger charge is 2.05. The minimum absolute atomic E-state index is 0.220. The second-order valence-electron chi connectivity index (χ2n) is 4.69. The van der Waals surface area contributed by atoms with Gasteiger partial charge in [0.25, 0.3) is 0 Å². The largest absolute Gasteiger partial charge is 0.393 e. The molecule has 0 amide bonds. The Balaban J connectivity index is 2.16. The molecule has 0 saturated heterocycles. The molecule has 1 rings (SSSR count). The molecule has 0 fully saturated rings. The molecule has 0 bridgehead atoms. The van der Waals surface area contributed by atoms with Crippen LogP contribution in [0.4, 0.5) is 4.39 Å². The average Bonchev–Trinajstić information content (AvgIpc) is 2.32. The third-order valence-corrected chi connectivity index (χ3v) is 3.03. The van der Waals surface area contributed by atoms with Gasteiger partial charge in [-0.2, -0.15) is 0 Å². The summed E-state index contributed by atoms with van der Waals surface area (Å²) >= 11 is 0. The molecular formula is C15H23FO. The third-order valence-electron chi connectivity index (χ3n) is 3.03. The molecule has 1 atom stereocenters. The van der Waals surface area contributed by atoms with E-state index in [-0.39, 0.29) is 11.9 Å². The standard InChI is InChI=1S/C15H23FO/c1-2-3-4-5-6-7-15(17)12-13-8-10-14(16)11-9-13/h8-11,15,17H,2-7,12H2,1H3. The Morgan fingerprint density at radius 1 is 1.06 bits per heavy atom. The molecule has 0 aliphatic heterocycles. The molecule has 0 aromatic heterocycles. The van der Waals surface area contributed by atoms with Crippen LogP contribution in [-0.4, -0.2) is 11.2 Å². The molecule has 0 heterocycles. The number of benzene rings is 1. The van der Waals surface area contributed by atoms with Crippen LogP contribution in [0.25, 0.3) is 0 Å². The number of unbranched alkanes of at least 4 members (excludes halogenated alkanes) is 4. The maximum atomic E-state index is 12.7. The fraction of sp³-hybridized carbons (Fsp3) is 0.600. The van der Waals surface area contributed by atoms with E-state index >= 15 is 0 Å². The summed E-state index contributed by atoms with van der Waals surface area (Å²) in [5.74, 6) is -0.220. The van der Waals surface area contributed by atoms with Crippen molar-refractivity contribution in [2.45, 2.75) is 58.0 Å². The summed E-state index contributed by atoms with van der Waals surface area (Å²) in [5, 5.41) is 9.83. The second kappa shape index (κ2) is 8.24. The van der Waals surface area contributed by atoms with Crippen molar-refractivity contribution < 1.29 is 9.50 Å². The van der Waals surface area contributed by atoms with E-state index in [1.807, 2.05) is 0 Å². The van der Waals surface area contributed by atoms with Crippen molar-refractivity contribution in [2.24, 2.45) is 0 Å². The summed E-state index contributed by atoms with van der Waals surface area (Å²) in [7, 11) is 0. The third kappa shape index (κ3) is 6.42. The SMILES string of the molecule is CCCCCCCC(O)Cc1ccc(F)cc1. The molecule has 96 valence electrons. The predicted molar refractivity (Wildman–Crippen MR) is 69.5 cm³/mol. The second-order valence-corrected chi connectivity index (χ2v) is 4.69. The van der Waals surface area contributed by atoms with Gasteiger partial charge in [-0.3, -0.25) is 0 Å². The molecule has 0 aliphatic carbocycles. The molecule has 1 unspecified atom stereocenters. The van der Waals surface area contributed by atoms with Crippen LogP contribution in [0.1, 0.15) is 51.0 Å². The molecular weight excluding hydrogens is 215 g/mol. The van der Waals surface area contributed by atoms with Gasteiger partial charge in [0.05, 0.1) is 6.10 Å². The van der Waals surface area contributed by atoms with E-state index in [4.69, 9.17) is 0 Å². The van der Waals surface area contributed by atoms with Gasteiger partial charge in [-0.25, -0.2) is 4.39 Å². The first kappa shape index (κ1) is 14.2. The minimum atomic E-state index is -0.290. The number of hydrogen-bond donors (Lipinski definition) is 1. The van der Waals surface area contributed by atoms with Crippen LogP contribution < -0.4 is 0 Å². The van der Waals surface area contributed by atoms with Gasteiger partial charge in [-0.15, -0.1) is 0 Å². The molecule has 0 radical (unpaired) electrons. The van der Waals surface area contributed by atoms with Crippen LogP contribution in [0.2, 0.25) is 0 Å². The number of aliphatic hydroxyl groups is 1. The van der Waals surface area contributed by atoms with Crippen molar-refractivity contribution >= 4 is 0 Å². The van der Waals surface area contributed by atoms with Crippen molar-refractivity contribution in [2.75, 3.05) is 0 Å². The van der Waals surface area contributed by atoms with E-state index in [9.17, 15) is 9.50 Å². The van der Waals surface area contributed by atoms with Gasteiger partial charge in [0.15, 0.2) is 0 Å². The van der Waals surface area contributed by atoms with Gasteiger partial charge >= 0.3 is 0 Å². The summed E-state index contributed by atoms with van der Waals surface area (Å²) in [6.07, 6.45) is 7.28. The monoisotopic (exact) mass is 238 g/mol. The van der Waals surface area contributed by atoms with E-state index in [1.165, 1.54) is 37.8 Å². The fourth-order valence-electron chi connectivity index (χ4n) is 1.98. The van der Waals surface area contributed by atoms with Crippen LogP contribution >= 0.6 is 0 Å². The van der Waals surface area contributed by atoms with Crippen LogP contribution in [0.3, 0.4) is 0 Å². The first-order chi connectivity index (χ1) is 8.22. The smallest absolute Gasteiger partial charge is 0.123 e. The summed E-state index contributed by atoms with van der Waals surface area (Å²) in [6, 6.07) is 6.39. The Labute approximate surface area is 104 Å². The fourth-order valence-corrected chi connectivity index (χ4v) is 1.98. The van der Waals surface area contributed by atoms with E-state index in [1.54, 1.807) is 12.1 Å². The first-order valence-electron chi connectivity index (χ1n) is 6.65. The number of aliphatic hydroxyl groups excluding tert-OH is 1. The van der Waals surface area contributed by atoms with Crippen LogP contribution in [0.5, 0.6) is 0 Å². The Bertz CT molecular complexity index is 294. The highest BCUT2D eigenvalue weighted by molar-refractivity contribution is 5.16. The molecule has 0 spiro atoms. The van der Waals surface area contributed by atoms with Crippen molar-refractivity contribution in [3.05, 3.63) is 35.6 Å². The molecule has 1 aromatic carbocycles. The summed E-state index contributed by atoms with van der Waals surface area (Å²) in [4.78, 5) is 0. The highest BCUT2D eigenvalue weighted by atomic mass is 19.1. The van der Waals surface area contributed by atoms with E-state index in [0.717, 1.165) is 18.4 Å². The van der Waals surface area contributed by atoms with Crippen LogP contribution in [-0.2, 0) is 6.42 Å². The first-order valence-corrected chi connectivity index (χ1v) is 6.65. The zero-order valence-corrected chi connectivity index (χ0v) is 10.7. The highest BCUT2D eigenvalue weighted by Crippen LogP contribution is 2.12. The van der Waals surface area contributed by atoms with Gasteiger partial charge in [-0.1, -0.05) is 51.2 Å². The Hall–Kier alpha value is -0.890. The number of halogens is 1. The van der Waals surface area contributed by atoms with Gasteiger partial charge in [0, 0.05) is 0 Å². The van der Waals surface area contributed by atoms with Crippen molar-refractivity contribution in [3.63, 3.8) is 0 Å². The summed E-state index contributed by atoms with van der Waals surface area (Å²) in [6.45, 7) is 2.20. The Morgan fingerprint density at radius 3 is 2.35 bits per heavy atom. The number of hydrogen-bond acceptors (Lipinski definition) is 1. The lowest BCUT2D eigenvalue weighted by atomic mass is 10.0. The van der Waals surface area contributed by atoms with E-state index in [0.29, 0.717) is 6.42 Å². The zero-order valence-electron chi connectivity index (χ0n) is 10.7. The summed E-state index contributed by atoms with van der Waals surface area (Å²) < 4.78 is 12.7. The van der Waals surface area contributed by atoms with Gasteiger partial charge < -0.3 is 5.11 Å². The van der Waals surface area contributed by atoms with Gasteiger partial charge in [0.1, 0.15) is 5.82 Å². The maximum absolute atomic E-state index is 12.7. The average molecular weight is 238 g/mol. The predicted octanol–water partition coefficient (Wildman–Crippen LogP) is 4.09. The molecule has 1 aromatic rings. The number of rotatable bonds is 8. The maximum Gasteiger partial charge on any atom is 0.123 e. The van der Waals surface area contributed by atoms with Crippen LogP contribution in [0, 0.1) is 5.82 Å². The van der Waals surface area contributed by atoms with Crippen molar-refractivity contribution in [3.8, 4) is 0 Å². The molecule has 0 aliphatic rings. The molecule has 17 heavy (non-hydrogen) atoms. The molecule has 1 N–H and O–H groups in total. The Morgan fingerprint density at radius 2 is 1.71 bits per heavy atom. The molecule has 2 heteroatoms. The summed E-state index contributed by atoms with van der Waals surface area (Å²) in [5.41, 5.74) is 1.01. The van der Waals surface area contributed by atoms with Gasteiger partial charge in [0.2, 0.25) is 0 Å². The molecule has 1 nitrogen and oxygen atoms in total.